The van der Waals surface area contributed by atoms with Crippen LogP contribution in [-0.4, -0.2) is 41.7 Å². The van der Waals surface area contributed by atoms with Crippen molar-refractivity contribution >= 4 is 5.91 Å². The van der Waals surface area contributed by atoms with Gasteiger partial charge in [-0.15, -0.1) is 0 Å². The summed E-state index contributed by atoms with van der Waals surface area (Å²) in [7, 11) is 0. The highest BCUT2D eigenvalue weighted by Crippen LogP contribution is 2.38. The first-order valence-corrected chi connectivity index (χ1v) is 9.62. The van der Waals surface area contributed by atoms with Gasteiger partial charge in [0.1, 0.15) is 30.9 Å². The molecule has 3 aromatic rings. The second-order valence-electron chi connectivity index (χ2n) is 7.03. The van der Waals surface area contributed by atoms with Crippen molar-refractivity contribution in [1.29, 1.82) is 0 Å². The van der Waals surface area contributed by atoms with Crippen molar-refractivity contribution in [3.63, 3.8) is 0 Å². The summed E-state index contributed by atoms with van der Waals surface area (Å²) in [5, 5.41) is 2.87. The topological polar surface area (TPSA) is 82.6 Å². The van der Waals surface area contributed by atoms with Gasteiger partial charge in [0.2, 0.25) is 0 Å². The first-order chi connectivity index (χ1) is 14.7. The number of nitrogens with one attached hydrogen (secondary N) is 1. The van der Waals surface area contributed by atoms with Gasteiger partial charge >= 0.3 is 0 Å². The largest absolute Gasteiger partial charge is 0.487 e. The third kappa shape index (κ3) is 3.52. The molecule has 0 bridgehead atoms. The Morgan fingerprint density at radius 1 is 1.10 bits per heavy atom. The molecule has 0 saturated carbocycles. The minimum atomic E-state index is -0.374. The van der Waals surface area contributed by atoms with Gasteiger partial charge in [0, 0.05) is 29.9 Å². The van der Waals surface area contributed by atoms with Gasteiger partial charge in [-0.1, -0.05) is 0 Å². The number of benzene rings is 2. The third-order valence-corrected chi connectivity index (χ3v) is 4.96. The van der Waals surface area contributed by atoms with Gasteiger partial charge in [-0.05, 0) is 36.4 Å². The maximum atomic E-state index is 14.1. The van der Waals surface area contributed by atoms with Crippen molar-refractivity contribution in [2.24, 2.45) is 0 Å². The van der Waals surface area contributed by atoms with Crippen LogP contribution in [0.4, 0.5) is 4.39 Å². The van der Waals surface area contributed by atoms with Crippen LogP contribution >= 0.6 is 0 Å². The summed E-state index contributed by atoms with van der Waals surface area (Å²) in [5.74, 6) is 1.52. The van der Waals surface area contributed by atoms with E-state index in [-0.39, 0.29) is 24.4 Å². The summed E-state index contributed by atoms with van der Waals surface area (Å²) < 4.78 is 31.1. The van der Waals surface area contributed by atoms with E-state index in [1.54, 1.807) is 36.7 Å². The quantitative estimate of drug-likeness (QED) is 0.716. The molecule has 30 heavy (non-hydrogen) atoms. The van der Waals surface area contributed by atoms with E-state index in [4.69, 9.17) is 14.2 Å². The zero-order valence-corrected chi connectivity index (χ0v) is 15.9. The molecule has 2 aliphatic rings. The van der Waals surface area contributed by atoms with Crippen molar-refractivity contribution in [2.45, 2.75) is 12.5 Å². The molecule has 1 aromatic heterocycles. The molecule has 1 N–H and O–H groups in total. The molecule has 2 aliphatic heterocycles. The summed E-state index contributed by atoms with van der Waals surface area (Å²) in [6, 6.07) is 9.58. The summed E-state index contributed by atoms with van der Waals surface area (Å²) in [5.41, 5.74) is 1.71. The van der Waals surface area contributed by atoms with Gasteiger partial charge in [-0.3, -0.25) is 4.79 Å². The molecule has 0 spiro atoms. The Labute approximate surface area is 171 Å². The van der Waals surface area contributed by atoms with Gasteiger partial charge in [-0.25, -0.2) is 14.4 Å². The van der Waals surface area contributed by atoms with E-state index in [0.717, 1.165) is 5.56 Å². The van der Waals surface area contributed by atoms with Crippen LogP contribution in [0, 0.1) is 5.82 Å². The Bertz CT molecular complexity index is 1110. The fourth-order valence-corrected chi connectivity index (χ4v) is 3.61. The lowest BCUT2D eigenvalue weighted by atomic mass is 10.1. The zero-order valence-electron chi connectivity index (χ0n) is 15.9. The maximum absolute atomic E-state index is 14.1. The number of carbonyl (C=O) groups is 1. The van der Waals surface area contributed by atoms with Crippen LogP contribution in [0.1, 0.15) is 15.9 Å². The summed E-state index contributed by atoms with van der Waals surface area (Å²) >= 11 is 0. The highest BCUT2D eigenvalue weighted by atomic mass is 19.1. The van der Waals surface area contributed by atoms with Gasteiger partial charge in [0.15, 0.2) is 17.3 Å². The van der Waals surface area contributed by atoms with E-state index in [9.17, 15) is 9.18 Å². The number of nitrogens with zero attached hydrogens (tertiary/aromatic N) is 2. The highest BCUT2D eigenvalue weighted by molar-refractivity contribution is 5.95. The average molecular weight is 407 g/mol. The lowest BCUT2D eigenvalue weighted by Gasteiger charge is -2.19. The van der Waals surface area contributed by atoms with Gasteiger partial charge in [0.05, 0.1) is 12.1 Å². The fourth-order valence-electron chi connectivity index (χ4n) is 3.61. The molecule has 0 saturated heterocycles. The van der Waals surface area contributed by atoms with Crippen LogP contribution in [0.3, 0.4) is 0 Å². The van der Waals surface area contributed by atoms with E-state index in [1.807, 2.05) is 0 Å². The van der Waals surface area contributed by atoms with Crippen LogP contribution < -0.4 is 19.5 Å². The molecule has 0 fully saturated rings. The van der Waals surface area contributed by atoms with Crippen molar-refractivity contribution in [3.8, 4) is 28.6 Å². The Morgan fingerprint density at radius 2 is 1.90 bits per heavy atom. The molecular formula is C22H18FN3O4. The second-order valence-corrected chi connectivity index (χ2v) is 7.03. The fraction of sp³-hybridized carbons (Fsp3) is 0.227. The average Bonchev–Trinajstić information content (AvgIpc) is 3.20. The molecule has 0 radical (unpaired) electrons. The molecule has 0 unspecified atom stereocenters. The van der Waals surface area contributed by atoms with Crippen molar-refractivity contribution in [3.05, 3.63) is 65.7 Å². The predicted molar refractivity (Wildman–Crippen MR) is 105 cm³/mol. The second kappa shape index (κ2) is 7.62. The standard InChI is InChI=1S/C22H18FN3O4/c23-15-8-14-9-16(30-20(14)17(11-15)21-24-4-1-5-25-21)12-26-22(27)13-2-3-18-19(10-13)29-7-6-28-18/h1-5,8,10-11,16H,6-7,9,12H2,(H,26,27)/t16-/m1/s1. The van der Waals surface area contributed by atoms with E-state index in [1.165, 1.54) is 12.1 Å². The van der Waals surface area contributed by atoms with Crippen LogP contribution in [0.5, 0.6) is 17.2 Å². The number of aromatic nitrogens is 2. The van der Waals surface area contributed by atoms with Crippen LogP contribution in [-0.2, 0) is 6.42 Å². The Balaban J connectivity index is 1.28. The molecule has 2 aromatic carbocycles. The number of carbonyl (C=O) groups excluding carboxylic acids is 1. The number of fused-ring (bicyclic) bond motifs is 2. The first kappa shape index (κ1) is 18.4. The summed E-state index contributed by atoms with van der Waals surface area (Å²) in [6.45, 7) is 1.23. The first-order valence-electron chi connectivity index (χ1n) is 9.62. The van der Waals surface area contributed by atoms with Crippen molar-refractivity contribution in [1.82, 2.24) is 15.3 Å². The monoisotopic (exact) mass is 407 g/mol. The van der Waals surface area contributed by atoms with Gasteiger partial charge in [-0.2, -0.15) is 0 Å². The minimum absolute atomic E-state index is 0.246. The molecular weight excluding hydrogens is 389 g/mol. The lowest BCUT2D eigenvalue weighted by molar-refractivity contribution is 0.0932. The smallest absolute Gasteiger partial charge is 0.251 e. The van der Waals surface area contributed by atoms with E-state index in [2.05, 4.69) is 15.3 Å². The predicted octanol–water partition coefficient (Wildman–Crippen LogP) is 2.79. The Morgan fingerprint density at radius 3 is 2.73 bits per heavy atom. The zero-order chi connectivity index (χ0) is 20.5. The number of hydrogen-bond donors (Lipinski definition) is 1. The van der Waals surface area contributed by atoms with Crippen molar-refractivity contribution in [2.75, 3.05) is 19.8 Å². The van der Waals surface area contributed by atoms with E-state index >= 15 is 0 Å². The Hall–Kier alpha value is -3.68. The van der Waals surface area contributed by atoms with E-state index < -0.39 is 0 Å². The summed E-state index contributed by atoms with van der Waals surface area (Å²) in [4.78, 5) is 20.9. The number of hydrogen-bond acceptors (Lipinski definition) is 6. The van der Waals surface area contributed by atoms with Crippen molar-refractivity contribution < 1.29 is 23.4 Å². The van der Waals surface area contributed by atoms with Crippen LogP contribution in [0.2, 0.25) is 0 Å². The lowest BCUT2D eigenvalue weighted by Crippen LogP contribution is -2.34. The van der Waals surface area contributed by atoms with Crippen LogP contribution in [0.25, 0.3) is 11.4 Å². The molecule has 0 aliphatic carbocycles. The van der Waals surface area contributed by atoms with Gasteiger partial charge < -0.3 is 19.5 Å². The molecule has 1 amide bonds. The van der Waals surface area contributed by atoms with Crippen LogP contribution in [0.15, 0.2) is 48.8 Å². The number of halogens is 1. The molecule has 7 nitrogen and oxygen atoms in total. The molecule has 5 rings (SSSR count). The number of amides is 1. The molecule has 152 valence electrons. The minimum Gasteiger partial charge on any atom is -0.487 e. The maximum Gasteiger partial charge on any atom is 0.251 e. The Kier molecular flexibility index (Phi) is 4.66. The summed E-state index contributed by atoms with van der Waals surface area (Å²) in [6.07, 6.45) is 3.36. The molecule has 3 heterocycles. The van der Waals surface area contributed by atoms with E-state index in [0.29, 0.717) is 53.8 Å². The molecule has 8 heteroatoms. The normalized spacial score (nSPS) is 16.5. The highest BCUT2D eigenvalue weighted by Gasteiger charge is 2.28. The van der Waals surface area contributed by atoms with Gasteiger partial charge in [0.25, 0.3) is 5.91 Å². The SMILES string of the molecule is O=C(NC[C@H]1Cc2cc(F)cc(-c3ncccn3)c2O1)c1ccc2c(c1)OCCO2. The third-order valence-electron chi connectivity index (χ3n) is 4.96. The number of ether oxygens (including phenoxy) is 3. The number of rotatable bonds is 4. The molecule has 1 atom stereocenters.